The first-order valence-corrected chi connectivity index (χ1v) is 7.27. The minimum atomic E-state index is -0.822. The Kier molecular flexibility index (Phi) is 4.03. The maximum atomic E-state index is 10.9. The second kappa shape index (κ2) is 6.29. The molecular formula is C19H14N2O2. The summed E-state index contributed by atoms with van der Waals surface area (Å²) in [5.41, 5.74) is 3.44. The van der Waals surface area contributed by atoms with Crippen LogP contribution in [0.15, 0.2) is 54.9 Å². The van der Waals surface area contributed by atoms with Crippen LogP contribution in [0.3, 0.4) is 0 Å². The van der Waals surface area contributed by atoms with Crippen LogP contribution in [0, 0.1) is 11.3 Å². The van der Waals surface area contributed by atoms with Gasteiger partial charge in [-0.05, 0) is 35.1 Å². The molecule has 0 atom stereocenters. The van der Waals surface area contributed by atoms with Gasteiger partial charge in [-0.2, -0.15) is 5.26 Å². The van der Waals surface area contributed by atoms with Gasteiger partial charge in [-0.3, -0.25) is 9.78 Å². The number of aryl methyl sites for hydroxylation is 1. The standard InChI is InChI=1S/C19H14N2O2/c20-11-14-5-7-17(16-4-2-1-3-15(14)16)18-12-21-10-9-13(18)6-8-19(22)23/h1-5,7,9-10,12H,6,8H2,(H,22,23). The fourth-order valence-corrected chi connectivity index (χ4v) is 2.76. The summed E-state index contributed by atoms with van der Waals surface area (Å²) in [6.07, 6.45) is 3.95. The van der Waals surface area contributed by atoms with Gasteiger partial charge in [0.15, 0.2) is 0 Å². The summed E-state index contributed by atoms with van der Waals surface area (Å²) in [6.45, 7) is 0. The predicted molar refractivity (Wildman–Crippen MR) is 87.9 cm³/mol. The van der Waals surface area contributed by atoms with E-state index < -0.39 is 5.97 Å². The van der Waals surface area contributed by atoms with Gasteiger partial charge >= 0.3 is 5.97 Å². The molecule has 0 spiro atoms. The Balaban J connectivity index is 2.19. The highest BCUT2D eigenvalue weighted by atomic mass is 16.4. The number of aliphatic carboxylic acids is 1. The number of hydrogen-bond acceptors (Lipinski definition) is 3. The van der Waals surface area contributed by atoms with E-state index in [0.29, 0.717) is 12.0 Å². The lowest BCUT2D eigenvalue weighted by atomic mass is 9.92. The summed E-state index contributed by atoms with van der Waals surface area (Å²) in [6, 6.07) is 15.5. The molecule has 4 heteroatoms. The van der Waals surface area contributed by atoms with E-state index in [1.165, 1.54) is 0 Å². The van der Waals surface area contributed by atoms with Crippen molar-refractivity contribution in [2.24, 2.45) is 0 Å². The Hall–Kier alpha value is -3.19. The molecule has 1 N–H and O–H groups in total. The highest BCUT2D eigenvalue weighted by Gasteiger charge is 2.12. The first-order chi connectivity index (χ1) is 11.2. The molecule has 4 nitrogen and oxygen atoms in total. The van der Waals surface area contributed by atoms with Crippen molar-refractivity contribution in [1.82, 2.24) is 4.98 Å². The van der Waals surface area contributed by atoms with Gasteiger partial charge in [0.05, 0.1) is 11.6 Å². The van der Waals surface area contributed by atoms with Gasteiger partial charge in [0.1, 0.15) is 0 Å². The van der Waals surface area contributed by atoms with Crippen LogP contribution in [0.4, 0.5) is 0 Å². The molecule has 0 aliphatic rings. The lowest BCUT2D eigenvalue weighted by molar-refractivity contribution is -0.136. The van der Waals surface area contributed by atoms with Crippen molar-refractivity contribution in [2.75, 3.05) is 0 Å². The van der Waals surface area contributed by atoms with Crippen LogP contribution in [-0.4, -0.2) is 16.1 Å². The lowest BCUT2D eigenvalue weighted by Crippen LogP contribution is -1.99. The first-order valence-electron chi connectivity index (χ1n) is 7.27. The number of carboxylic acids is 1. The zero-order chi connectivity index (χ0) is 16.2. The number of benzene rings is 2. The summed E-state index contributed by atoms with van der Waals surface area (Å²) < 4.78 is 0. The number of rotatable bonds is 4. The Morgan fingerprint density at radius 1 is 1.09 bits per heavy atom. The van der Waals surface area contributed by atoms with Crippen LogP contribution in [-0.2, 0) is 11.2 Å². The van der Waals surface area contributed by atoms with Gasteiger partial charge in [0, 0.05) is 29.8 Å². The van der Waals surface area contributed by atoms with Gasteiger partial charge in [0.2, 0.25) is 0 Å². The molecule has 3 aromatic rings. The zero-order valence-electron chi connectivity index (χ0n) is 12.4. The van der Waals surface area contributed by atoms with Crippen LogP contribution in [0.25, 0.3) is 21.9 Å². The Bertz CT molecular complexity index is 926. The SMILES string of the molecule is N#Cc1ccc(-c2cnccc2CCC(=O)O)c2ccccc12. The van der Waals surface area contributed by atoms with Crippen molar-refractivity contribution in [1.29, 1.82) is 5.26 Å². The third-order valence-corrected chi connectivity index (χ3v) is 3.85. The molecule has 0 unspecified atom stereocenters. The topological polar surface area (TPSA) is 74.0 Å². The predicted octanol–water partition coefficient (Wildman–Crippen LogP) is 3.79. The molecule has 0 saturated carbocycles. The summed E-state index contributed by atoms with van der Waals surface area (Å²) in [5, 5.41) is 20.1. The van der Waals surface area contributed by atoms with E-state index in [2.05, 4.69) is 11.1 Å². The van der Waals surface area contributed by atoms with Crippen LogP contribution in [0.1, 0.15) is 17.5 Å². The van der Waals surface area contributed by atoms with Crippen molar-refractivity contribution >= 4 is 16.7 Å². The van der Waals surface area contributed by atoms with E-state index in [0.717, 1.165) is 27.5 Å². The van der Waals surface area contributed by atoms with E-state index in [1.54, 1.807) is 18.5 Å². The molecule has 0 aliphatic carbocycles. The number of carbonyl (C=O) groups is 1. The number of aromatic nitrogens is 1. The molecule has 1 heterocycles. The fourth-order valence-electron chi connectivity index (χ4n) is 2.76. The number of fused-ring (bicyclic) bond motifs is 1. The van der Waals surface area contributed by atoms with Crippen molar-refractivity contribution < 1.29 is 9.90 Å². The number of nitriles is 1. The number of carboxylic acid groups (broad SMARTS) is 1. The second-order valence-electron chi connectivity index (χ2n) is 5.24. The molecule has 0 amide bonds. The van der Waals surface area contributed by atoms with E-state index in [1.807, 2.05) is 36.4 Å². The average molecular weight is 302 g/mol. The monoisotopic (exact) mass is 302 g/mol. The third-order valence-electron chi connectivity index (χ3n) is 3.85. The molecule has 2 aromatic carbocycles. The molecule has 112 valence electrons. The largest absolute Gasteiger partial charge is 0.481 e. The summed E-state index contributed by atoms with van der Waals surface area (Å²) >= 11 is 0. The van der Waals surface area contributed by atoms with Gasteiger partial charge in [-0.1, -0.05) is 30.3 Å². The Morgan fingerprint density at radius 3 is 2.61 bits per heavy atom. The van der Waals surface area contributed by atoms with Crippen LogP contribution in [0.5, 0.6) is 0 Å². The first kappa shape index (κ1) is 14.7. The molecule has 0 bridgehead atoms. The summed E-state index contributed by atoms with van der Waals surface area (Å²) in [4.78, 5) is 15.1. The van der Waals surface area contributed by atoms with Gasteiger partial charge < -0.3 is 5.11 Å². The molecule has 0 radical (unpaired) electrons. The Morgan fingerprint density at radius 2 is 1.87 bits per heavy atom. The van der Waals surface area contributed by atoms with E-state index in [4.69, 9.17) is 5.11 Å². The molecule has 23 heavy (non-hydrogen) atoms. The quantitative estimate of drug-likeness (QED) is 0.795. The van der Waals surface area contributed by atoms with Crippen molar-refractivity contribution in [3.63, 3.8) is 0 Å². The molecular weight excluding hydrogens is 288 g/mol. The molecule has 3 rings (SSSR count). The van der Waals surface area contributed by atoms with Gasteiger partial charge in [0.25, 0.3) is 0 Å². The van der Waals surface area contributed by atoms with Crippen molar-refractivity contribution in [2.45, 2.75) is 12.8 Å². The highest BCUT2D eigenvalue weighted by molar-refractivity contribution is 6.00. The maximum Gasteiger partial charge on any atom is 0.303 e. The van der Waals surface area contributed by atoms with Crippen LogP contribution in [0.2, 0.25) is 0 Å². The minimum Gasteiger partial charge on any atom is -0.481 e. The lowest BCUT2D eigenvalue weighted by Gasteiger charge is -2.12. The van der Waals surface area contributed by atoms with Gasteiger partial charge in [-0.15, -0.1) is 0 Å². The van der Waals surface area contributed by atoms with E-state index in [-0.39, 0.29) is 6.42 Å². The minimum absolute atomic E-state index is 0.0746. The van der Waals surface area contributed by atoms with E-state index in [9.17, 15) is 10.1 Å². The normalized spacial score (nSPS) is 10.4. The van der Waals surface area contributed by atoms with Gasteiger partial charge in [-0.25, -0.2) is 0 Å². The van der Waals surface area contributed by atoms with E-state index >= 15 is 0 Å². The molecule has 1 aromatic heterocycles. The van der Waals surface area contributed by atoms with Crippen LogP contribution < -0.4 is 0 Å². The average Bonchev–Trinajstić information content (AvgIpc) is 2.59. The summed E-state index contributed by atoms with van der Waals surface area (Å²) in [7, 11) is 0. The molecule has 0 fully saturated rings. The molecule has 0 aliphatic heterocycles. The highest BCUT2D eigenvalue weighted by Crippen LogP contribution is 2.32. The number of pyridine rings is 1. The van der Waals surface area contributed by atoms with Crippen molar-refractivity contribution in [3.05, 3.63) is 66.0 Å². The number of nitrogens with zero attached hydrogens (tertiary/aromatic N) is 2. The smallest absolute Gasteiger partial charge is 0.303 e. The van der Waals surface area contributed by atoms with Crippen molar-refractivity contribution in [3.8, 4) is 17.2 Å². The van der Waals surface area contributed by atoms with Crippen LogP contribution >= 0.6 is 0 Å². The Labute approximate surface area is 133 Å². The molecule has 0 saturated heterocycles. The number of hydrogen-bond donors (Lipinski definition) is 1. The third kappa shape index (κ3) is 2.90. The summed E-state index contributed by atoms with van der Waals surface area (Å²) in [5.74, 6) is -0.822. The zero-order valence-corrected chi connectivity index (χ0v) is 12.4. The fraction of sp³-hybridized carbons (Fsp3) is 0.105. The second-order valence-corrected chi connectivity index (χ2v) is 5.24. The maximum absolute atomic E-state index is 10.9.